The van der Waals surface area contributed by atoms with Crippen molar-refractivity contribution in [3.05, 3.63) is 80.9 Å². The summed E-state index contributed by atoms with van der Waals surface area (Å²) in [4.78, 5) is 33.2. The van der Waals surface area contributed by atoms with Crippen molar-refractivity contribution in [1.82, 2.24) is 5.32 Å². The number of aryl methyl sites for hydroxylation is 1. The number of nitrogens with one attached hydrogen (secondary N) is 1. The van der Waals surface area contributed by atoms with Crippen molar-refractivity contribution in [2.75, 3.05) is 13.7 Å². The lowest BCUT2D eigenvalue weighted by atomic mass is 9.77. The fourth-order valence-corrected chi connectivity index (χ4v) is 4.59. The van der Waals surface area contributed by atoms with Crippen LogP contribution in [0.4, 0.5) is 5.69 Å². The number of methoxy groups -OCH3 is 1. The summed E-state index contributed by atoms with van der Waals surface area (Å²) in [6.45, 7) is 16.7. The van der Waals surface area contributed by atoms with E-state index >= 15 is 0 Å². The Hall–Kier alpha value is -3.48. The fourth-order valence-electron chi connectivity index (χ4n) is 4.59. The third kappa shape index (κ3) is 11.3. The van der Waals surface area contributed by atoms with Crippen molar-refractivity contribution >= 4 is 17.4 Å². The van der Waals surface area contributed by atoms with Gasteiger partial charge in [0, 0.05) is 23.7 Å². The van der Waals surface area contributed by atoms with Crippen molar-refractivity contribution in [3.63, 3.8) is 0 Å². The quantitative estimate of drug-likeness (QED) is 0.180. The van der Waals surface area contributed by atoms with Crippen LogP contribution in [0.5, 0.6) is 5.75 Å². The second-order valence-electron chi connectivity index (χ2n) is 9.34. The molecule has 222 valence electrons. The first-order chi connectivity index (χ1) is 19.2. The van der Waals surface area contributed by atoms with Crippen LogP contribution < -0.4 is 10.1 Å². The molecule has 0 saturated heterocycles. The summed E-state index contributed by atoms with van der Waals surface area (Å²) < 4.78 is 4.80. The van der Waals surface area contributed by atoms with E-state index in [0.29, 0.717) is 5.56 Å². The molecule has 0 fully saturated rings. The molecule has 1 aliphatic rings. The molecule has 0 radical (unpaired) electrons. The van der Waals surface area contributed by atoms with Gasteiger partial charge in [-0.3, -0.25) is 19.7 Å². The SMILES string of the molecule is CC.CC.CCCNC(=O)C1=CC(CCC)(Cc2ccccc2C)CC1.COc1cc(C(C)=O)ccc1[N+](=O)[O-]. The third-order valence-electron chi connectivity index (χ3n) is 6.53. The van der Waals surface area contributed by atoms with Crippen molar-refractivity contribution in [1.29, 1.82) is 0 Å². The standard InChI is InChI=1S/C20H29NO.C9H9NO4.2C2H6/c1-4-11-20(14-17-9-7-6-8-16(17)3)12-10-18(15-20)19(22)21-13-5-2;1-6(11)7-3-4-8(10(12)13)9(5-7)14-2;2*1-2/h6-9,15H,4-5,10-14H2,1-3H3,(H,21,22);3-5H,1-2H3;2*1-2H3. The first-order valence-corrected chi connectivity index (χ1v) is 14.5. The zero-order chi connectivity index (χ0) is 30.7. The van der Waals surface area contributed by atoms with Crippen LogP contribution in [0.15, 0.2) is 54.1 Å². The Bertz CT molecular complexity index is 1110. The highest BCUT2D eigenvalue weighted by atomic mass is 16.6. The number of rotatable bonds is 10. The number of hydrogen-bond acceptors (Lipinski definition) is 5. The molecule has 0 saturated carbocycles. The first-order valence-electron chi connectivity index (χ1n) is 14.5. The maximum Gasteiger partial charge on any atom is 0.310 e. The van der Waals surface area contributed by atoms with E-state index in [2.05, 4.69) is 56.4 Å². The molecule has 1 amide bonds. The number of allylic oxidation sites excluding steroid dienone is 1. The molecule has 0 heterocycles. The van der Waals surface area contributed by atoms with E-state index in [9.17, 15) is 19.7 Å². The number of nitro groups is 1. The summed E-state index contributed by atoms with van der Waals surface area (Å²) in [5.74, 6) is 0.0884. The molecule has 0 spiro atoms. The van der Waals surface area contributed by atoms with Gasteiger partial charge in [0.1, 0.15) is 0 Å². The number of hydrogen-bond donors (Lipinski definition) is 1. The average Bonchev–Trinajstić information content (AvgIpc) is 3.39. The summed E-state index contributed by atoms with van der Waals surface area (Å²) in [5, 5.41) is 13.5. The van der Waals surface area contributed by atoms with Crippen LogP contribution in [0, 0.1) is 22.5 Å². The van der Waals surface area contributed by atoms with Crippen LogP contribution in [-0.4, -0.2) is 30.3 Å². The minimum Gasteiger partial charge on any atom is -0.490 e. The molecule has 2 aromatic carbocycles. The zero-order valence-electron chi connectivity index (χ0n) is 26.1. The first kappa shape index (κ1) is 36.5. The summed E-state index contributed by atoms with van der Waals surface area (Å²) in [5.41, 5.74) is 4.19. The highest BCUT2D eigenvalue weighted by molar-refractivity contribution is 5.95. The Kier molecular flexibility index (Phi) is 17.9. The van der Waals surface area contributed by atoms with Gasteiger partial charge in [0.25, 0.3) is 0 Å². The maximum atomic E-state index is 12.2. The van der Waals surface area contributed by atoms with Gasteiger partial charge in [-0.2, -0.15) is 0 Å². The smallest absolute Gasteiger partial charge is 0.310 e. The predicted octanol–water partition coefficient (Wildman–Crippen LogP) is 8.43. The minimum absolute atomic E-state index is 0.0997. The van der Waals surface area contributed by atoms with Crippen molar-refractivity contribution in [3.8, 4) is 5.75 Å². The number of nitrogens with zero attached hydrogens (tertiary/aromatic N) is 1. The number of benzene rings is 2. The Morgan fingerprint density at radius 3 is 2.23 bits per heavy atom. The number of amides is 1. The number of carbonyl (C=O) groups excluding carboxylic acids is 2. The Morgan fingerprint density at radius 2 is 1.70 bits per heavy atom. The van der Waals surface area contributed by atoms with Crippen molar-refractivity contribution in [2.45, 2.75) is 93.9 Å². The largest absolute Gasteiger partial charge is 0.490 e. The molecule has 0 aliphatic heterocycles. The van der Waals surface area contributed by atoms with Crippen molar-refractivity contribution < 1.29 is 19.2 Å². The summed E-state index contributed by atoms with van der Waals surface area (Å²) in [6, 6.07) is 12.7. The number of carbonyl (C=O) groups is 2. The van der Waals surface area contributed by atoms with Gasteiger partial charge in [-0.25, -0.2) is 0 Å². The van der Waals surface area contributed by atoms with Crippen LogP contribution in [0.2, 0.25) is 0 Å². The van der Waals surface area contributed by atoms with Crippen LogP contribution in [-0.2, 0) is 11.2 Å². The molecule has 3 rings (SSSR count). The zero-order valence-corrected chi connectivity index (χ0v) is 26.1. The molecule has 1 N–H and O–H groups in total. The Labute approximate surface area is 241 Å². The van der Waals surface area contributed by atoms with Gasteiger partial charge in [-0.05, 0) is 74.6 Å². The molecule has 2 aromatic rings. The van der Waals surface area contributed by atoms with Gasteiger partial charge in [-0.1, -0.05) is 78.3 Å². The highest BCUT2D eigenvalue weighted by Crippen LogP contribution is 2.43. The molecule has 1 unspecified atom stereocenters. The van der Waals surface area contributed by atoms with E-state index in [4.69, 9.17) is 4.74 Å². The van der Waals surface area contributed by atoms with Crippen LogP contribution in [0.25, 0.3) is 0 Å². The van der Waals surface area contributed by atoms with E-state index in [1.54, 1.807) is 0 Å². The van der Waals surface area contributed by atoms with Gasteiger partial charge >= 0.3 is 5.69 Å². The number of Topliss-reactive ketones (excluding diaryl/α,β-unsaturated/α-hetero) is 1. The Balaban J connectivity index is 0.000000729. The molecular weight excluding hydrogens is 504 g/mol. The van der Waals surface area contributed by atoms with E-state index in [1.165, 1.54) is 43.4 Å². The van der Waals surface area contributed by atoms with Gasteiger partial charge in [-0.15, -0.1) is 0 Å². The second kappa shape index (κ2) is 19.6. The summed E-state index contributed by atoms with van der Waals surface area (Å²) in [6.07, 6.45) is 8.66. The molecule has 7 heteroatoms. The highest BCUT2D eigenvalue weighted by Gasteiger charge is 2.34. The normalized spacial score (nSPS) is 15.1. The lowest BCUT2D eigenvalue weighted by Gasteiger charge is -2.28. The maximum absolute atomic E-state index is 12.2. The molecule has 0 aromatic heterocycles. The fraction of sp³-hybridized carbons (Fsp3) is 0.515. The number of nitro benzene ring substituents is 1. The molecule has 1 atom stereocenters. The average molecular weight is 555 g/mol. The van der Waals surface area contributed by atoms with Crippen LogP contribution in [0.1, 0.15) is 102 Å². The summed E-state index contributed by atoms with van der Waals surface area (Å²) in [7, 11) is 1.33. The topological polar surface area (TPSA) is 98.5 Å². The number of ketones is 1. The van der Waals surface area contributed by atoms with Crippen molar-refractivity contribution in [2.24, 2.45) is 5.41 Å². The van der Waals surface area contributed by atoms with E-state index in [-0.39, 0.29) is 28.5 Å². The molecular formula is C33H50N2O5. The van der Waals surface area contributed by atoms with E-state index < -0.39 is 4.92 Å². The molecule has 0 bridgehead atoms. The summed E-state index contributed by atoms with van der Waals surface area (Å²) >= 11 is 0. The van der Waals surface area contributed by atoms with Gasteiger partial charge in [0.15, 0.2) is 11.5 Å². The predicted molar refractivity (Wildman–Crippen MR) is 165 cm³/mol. The van der Waals surface area contributed by atoms with Gasteiger partial charge < -0.3 is 10.1 Å². The van der Waals surface area contributed by atoms with E-state index in [1.807, 2.05) is 27.7 Å². The lowest BCUT2D eigenvalue weighted by molar-refractivity contribution is -0.385. The Morgan fingerprint density at radius 1 is 1.05 bits per heavy atom. The minimum atomic E-state index is -0.553. The van der Waals surface area contributed by atoms with Gasteiger partial charge in [0.2, 0.25) is 5.91 Å². The third-order valence-corrected chi connectivity index (χ3v) is 6.53. The molecule has 1 aliphatic carbocycles. The van der Waals surface area contributed by atoms with Crippen LogP contribution >= 0.6 is 0 Å². The van der Waals surface area contributed by atoms with E-state index in [0.717, 1.165) is 50.6 Å². The number of ether oxygens (including phenoxy) is 1. The lowest BCUT2D eigenvalue weighted by Crippen LogP contribution is -2.25. The monoisotopic (exact) mass is 554 g/mol. The molecule has 40 heavy (non-hydrogen) atoms. The second-order valence-corrected chi connectivity index (χ2v) is 9.34. The van der Waals surface area contributed by atoms with Crippen LogP contribution in [0.3, 0.4) is 0 Å². The molecule has 7 nitrogen and oxygen atoms in total. The van der Waals surface area contributed by atoms with Gasteiger partial charge in [0.05, 0.1) is 12.0 Å².